The zero-order valence-electron chi connectivity index (χ0n) is 11.2. The van der Waals surface area contributed by atoms with Gasteiger partial charge in [0.05, 0.1) is 6.61 Å². The average molecular weight is 254 g/mol. The van der Waals surface area contributed by atoms with E-state index in [0.717, 1.165) is 19.3 Å². The van der Waals surface area contributed by atoms with E-state index in [1.54, 1.807) is 18.9 Å². The molecule has 2 amide bonds. The molecule has 1 saturated heterocycles. The number of ether oxygens (including phenoxy) is 1. The molecular formula is C13H22N2O3. The van der Waals surface area contributed by atoms with Gasteiger partial charge in [-0.15, -0.1) is 0 Å². The summed E-state index contributed by atoms with van der Waals surface area (Å²) in [7, 11) is 1.69. The molecule has 0 aromatic carbocycles. The molecule has 5 nitrogen and oxygen atoms in total. The van der Waals surface area contributed by atoms with E-state index >= 15 is 0 Å². The van der Waals surface area contributed by atoms with E-state index in [1.807, 2.05) is 0 Å². The van der Waals surface area contributed by atoms with Crippen molar-refractivity contribution in [3.8, 4) is 0 Å². The first-order valence-electron chi connectivity index (χ1n) is 6.64. The van der Waals surface area contributed by atoms with E-state index in [1.165, 1.54) is 0 Å². The molecule has 0 aromatic rings. The third-order valence-corrected chi connectivity index (χ3v) is 4.00. The number of carbonyl (C=O) groups excluding carboxylic acids is 2. The number of nitrogens with one attached hydrogen (secondary N) is 1. The minimum Gasteiger partial charge on any atom is -0.384 e. The van der Waals surface area contributed by atoms with Crippen molar-refractivity contribution >= 4 is 11.8 Å². The average Bonchev–Trinajstić information content (AvgIpc) is 2.99. The standard InChI is InChI=1S/C13H22N2O3/c1-10(15-7-3-4-11(15)16)12(17)14-8-13(5-6-13)9-18-2/h10H,3-9H2,1-2H3,(H,14,17)/t10-/m0/s1. The van der Waals surface area contributed by atoms with Gasteiger partial charge in [-0.1, -0.05) is 0 Å². The number of carbonyl (C=O) groups is 2. The van der Waals surface area contributed by atoms with Crippen LogP contribution in [0, 0.1) is 5.41 Å². The molecule has 5 heteroatoms. The van der Waals surface area contributed by atoms with Crippen LogP contribution in [0.4, 0.5) is 0 Å². The second-order valence-corrected chi connectivity index (χ2v) is 5.52. The lowest BCUT2D eigenvalue weighted by Gasteiger charge is -2.24. The number of nitrogens with zero attached hydrogens (tertiary/aromatic N) is 1. The Morgan fingerprint density at radius 2 is 2.28 bits per heavy atom. The molecule has 102 valence electrons. The van der Waals surface area contributed by atoms with E-state index < -0.39 is 0 Å². The van der Waals surface area contributed by atoms with E-state index in [-0.39, 0.29) is 23.3 Å². The van der Waals surface area contributed by atoms with Crippen LogP contribution in [0.1, 0.15) is 32.6 Å². The summed E-state index contributed by atoms with van der Waals surface area (Å²) in [6, 6.07) is -0.349. The molecule has 0 bridgehead atoms. The molecule has 0 spiro atoms. The summed E-state index contributed by atoms with van der Waals surface area (Å²) in [5.41, 5.74) is 0.152. The van der Waals surface area contributed by atoms with E-state index in [9.17, 15) is 9.59 Å². The van der Waals surface area contributed by atoms with Gasteiger partial charge in [-0.2, -0.15) is 0 Å². The van der Waals surface area contributed by atoms with Crippen LogP contribution in [0.3, 0.4) is 0 Å². The topological polar surface area (TPSA) is 58.6 Å². The minimum atomic E-state index is -0.349. The molecule has 0 unspecified atom stereocenters. The Hall–Kier alpha value is -1.10. The summed E-state index contributed by atoms with van der Waals surface area (Å²) < 4.78 is 5.16. The zero-order chi connectivity index (χ0) is 13.2. The Morgan fingerprint density at radius 3 is 2.78 bits per heavy atom. The molecule has 0 radical (unpaired) electrons. The lowest BCUT2D eigenvalue weighted by Crippen LogP contribution is -2.47. The molecule has 1 heterocycles. The number of amides is 2. The van der Waals surface area contributed by atoms with Gasteiger partial charge in [0.15, 0.2) is 0 Å². The van der Waals surface area contributed by atoms with Crippen molar-refractivity contribution in [2.24, 2.45) is 5.41 Å². The summed E-state index contributed by atoms with van der Waals surface area (Å²) in [4.78, 5) is 25.2. The summed E-state index contributed by atoms with van der Waals surface area (Å²) in [6.45, 7) is 3.86. The highest BCUT2D eigenvalue weighted by atomic mass is 16.5. The van der Waals surface area contributed by atoms with E-state index in [2.05, 4.69) is 5.32 Å². The molecule has 18 heavy (non-hydrogen) atoms. The Bertz CT molecular complexity index is 339. The lowest BCUT2D eigenvalue weighted by atomic mass is 10.1. The molecule has 1 aliphatic heterocycles. The number of hydrogen-bond donors (Lipinski definition) is 1. The fourth-order valence-electron chi connectivity index (χ4n) is 2.50. The molecule has 1 N–H and O–H groups in total. The molecule has 2 aliphatic rings. The van der Waals surface area contributed by atoms with Crippen molar-refractivity contribution in [3.63, 3.8) is 0 Å². The molecule has 2 fully saturated rings. The van der Waals surface area contributed by atoms with Crippen molar-refractivity contribution in [3.05, 3.63) is 0 Å². The van der Waals surface area contributed by atoms with Gasteiger partial charge in [0, 0.05) is 32.0 Å². The maximum Gasteiger partial charge on any atom is 0.242 e. The molecule has 1 atom stereocenters. The van der Waals surface area contributed by atoms with Crippen LogP contribution in [0.15, 0.2) is 0 Å². The van der Waals surface area contributed by atoms with Crippen LogP contribution in [0.2, 0.25) is 0 Å². The normalized spacial score (nSPS) is 23.0. The van der Waals surface area contributed by atoms with Crippen LogP contribution in [0.25, 0.3) is 0 Å². The van der Waals surface area contributed by atoms with E-state index in [0.29, 0.717) is 26.1 Å². The summed E-state index contributed by atoms with van der Waals surface area (Å²) in [5, 5.41) is 2.95. The SMILES string of the molecule is COCC1(CNC(=O)[C@H](C)N2CCCC2=O)CC1. The van der Waals surface area contributed by atoms with Crippen LogP contribution in [-0.4, -0.2) is 49.6 Å². The quantitative estimate of drug-likeness (QED) is 0.752. The Labute approximate surface area is 108 Å². The van der Waals surface area contributed by atoms with Crippen LogP contribution < -0.4 is 5.32 Å². The number of rotatable bonds is 6. The smallest absolute Gasteiger partial charge is 0.242 e. The number of hydrogen-bond acceptors (Lipinski definition) is 3. The van der Waals surface area contributed by atoms with E-state index in [4.69, 9.17) is 4.74 Å². The predicted molar refractivity (Wildman–Crippen MR) is 67.0 cm³/mol. The maximum atomic E-state index is 12.0. The van der Waals surface area contributed by atoms with Gasteiger partial charge in [0.1, 0.15) is 6.04 Å². The third-order valence-electron chi connectivity index (χ3n) is 4.00. The Morgan fingerprint density at radius 1 is 1.56 bits per heavy atom. The fourth-order valence-corrected chi connectivity index (χ4v) is 2.50. The first-order valence-corrected chi connectivity index (χ1v) is 6.64. The van der Waals surface area contributed by atoms with Gasteiger partial charge in [0.2, 0.25) is 11.8 Å². The van der Waals surface area contributed by atoms with Crippen LogP contribution >= 0.6 is 0 Å². The van der Waals surface area contributed by atoms with Gasteiger partial charge >= 0.3 is 0 Å². The minimum absolute atomic E-state index is 0.0485. The van der Waals surface area contributed by atoms with Gasteiger partial charge in [-0.05, 0) is 26.2 Å². The van der Waals surface area contributed by atoms with Gasteiger partial charge in [-0.3, -0.25) is 9.59 Å². The second kappa shape index (κ2) is 5.26. The highest BCUT2D eigenvalue weighted by Gasteiger charge is 2.43. The van der Waals surface area contributed by atoms with Crippen molar-refractivity contribution in [1.29, 1.82) is 0 Å². The van der Waals surface area contributed by atoms with Crippen molar-refractivity contribution < 1.29 is 14.3 Å². The molecule has 2 rings (SSSR count). The first-order chi connectivity index (χ1) is 8.58. The van der Waals surface area contributed by atoms with Crippen LogP contribution in [0.5, 0.6) is 0 Å². The summed E-state index contributed by atoms with van der Waals surface area (Å²) in [6.07, 6.45) is 3.66. The highest BCUT2D eigenvalue weighted by Crippen LogP contribution is 2.45. The lowest BCUT2D eigenvalue weighted by molar-refractivity contribution is -0.136. The highest BCUT2D eigenvalue weighted by molar-refractivity contribution is 5.88. The zero-order valence-corrected chi connectivity index (χ0v) is 11.2. The third kappa shape index (κ3) is 2.83. The first kappa shape index (κ1) is 13.3. The monoisotopic (exact) mass is 254 g/mol. The Kier molecular flexibility index (Phi) is 3.90. The van der Waals surface area contributed by atoms with Gasteiger partial charge < -0.3 is 15.0 Å². The summed E-state index contributed by atoms with van der Waals surface area (Å²) in [5.74, 6) is 0.0447. The van der Waals surface area contributed by atoms with Crippen molar-refractivity contribution in [2.45, 2.75) is 38.6 Å². The maximum absolute atomic E-state index is 12.0. The largest absolute Gasteiger partial charge is 0.384 e. The van der Waals surface area contributed by atoms with Gasteiger partial charge in [0.25, 0.3) is 0 Å². The number of methoxy groups -OCH3 is 1. The molecular weight excluding hydrogens is 232 g/mol. The van der Waals surface area contributed by atoms with Crippen molar-refractivity contribution in [2.75, 3.05) is 26.8 Å². The fraction of sp³-hybridized carbons (Fsp3) is 0.846. The van der Waals surface area contributed by atoms with Crippen LogP contribution in [-0.2, 0) is 14.3 Å². The van der Waals surface area contributed by atoms with Crippen molar-refractivity contribution in [1.82, 2.24) is 10.2 Å². The second-order valence-electron chi connectivity index (χ2n) is 5.52. The Balaban J connectivity index is 1.79. The molecule has 1 saturated carbocycles. The summed E-state index contributed by atoms with van der Waals surface area (Å²) >= 11 is 0. The molecule has 1 aliphatic carbocycles. The number of likely N-dealkylation sites (tertiary alicyclic amines) is 1. The van der Waals surface area contributed by atoms with Gasteiger partial charge in [-0.25, -0.2) is 0 Å². The predicted octanol–water partition coefficient (Wildman–Crippen LogP) is 0.540. The molecule has 0 aromatic heterocycles.